The summed E-state index contributed by atoms with van der Waals surface area (Å²) < 4.78 is 18.5. The van der Waals surface area contributed by atoms with Gasteiger partial charge in [-0.3, -0.25) is 0 Å². The van der Waals surface area contributed by atoms with Gasteiger partial charge < -0.3 is 4.74 Å². The van der Waals surface area contributed by atoms with Gasteiger partial charge in [0.2, 0.25) is 0 Å². The molecule has 12 heavy (non-hydrogen) atoms. The predicted molar refractivity (Wildman–Crippen MR) is 50.4 cm³/mol. The molecule has 0 N–H and O–H groups in total. The van der Waals surface area contributed by atoms with E-state index in [1.54, 1.807) is 6.07 Å². The highest BCUT2D eigenvalue weighted by Gasteiger charge is 2.12. The van der Waals surface area contributed by atoms with Crippen LogP contribution in [-0.2, 0) is 0 Å². The first-order chi connectivity index (χ1) is 5.57. The van der Waals surface area contributed by atoms with Crippen LogP contribution >= 0.6 is 27.5 Å². The maximum absolute atomic E-state index is 13.2. The summed E-state index contributed by atoms with van der Waals surface area (Å²) >= 11 is 8.83. The van der Waals surface area contributed by atoms with Gasteiger partial charge in [-0.15, -0.1) is 0 Å². The van der Waals surface area contributed by atoms with E-state index < -0.39 is 5.82 Å². The lowest BCUT2D eigenvalue weighted by molar-refractivity contribution is 0.386. The van der Waals surface area contributed by atoms with Crippen molar-refractivity contribution in [3.8, 4) is 5.75 Å². The Labute approximate surface area is 83.6 Å². The second kappa shape index (κ2) is 3.62. The van der Waals surface area contributed by atoms with Gasteiger partial charge in [0.15, 0.2) is 11.6 Å². The summed E-state index contributed by atoms with van der Waals surface area (Å²) in [5.41, 5.74) is 0.846. The molecule has 1 nitrogen and oxygen atoms in total. The van der Waals surface area contributed by atoms with E-state index in [1.165, 1.54) is 7.11 Å². The van der Waals surface area contributed by atoms with Crippen LogP contribution in [0.25, 0.3) is 0 Å². The number of halogens is 3. The topological polar surface area (TPSA) is 9.23 Å². The van der Waals surface area contributed by atoms with Crippen molar-refractivity contribution in [2.24, 2.45) is 0 Å². The van der Waals surface area contributed by atoms with E-state index in [0.717, 1.165) is 5.56 Å². The summed E-state index contributed by atoms with van der Waals surface area (Å²) in [4.78, 5) is 0. The molecule has 4 heteroatoms. The van der Waals surface area contributed by atoms with E-state index in [2.05, 4.69) is 15.9 Å². The average molecular weight is 253 g/mol. The number of methoxy groups -OCH3 is 1. The van der Waals surface area contributed by atoms with E-state index in [-0.39, 0.29) is 10.8 Å². The summed E-state index contributed by atoms with van der Waals surface area (Å²) in [5, 5.41) is 0.0619. The van der Waals surface area contributed by atoms with Crippen LogP contribution in [0.5, 0.6) is 5.75 Å². The monoisotopic (exact) mass is 252 g/mol. The standard InChI is InChI=1S/C8H7BrClFO/c1-4-3-5(12-2)8(11)7(10)6(4)9/h3H,1-2H3. The fourth-order valence-electron chi connectivity index (χ4n) is 0.850. The molecule has 0 saturated heterocycles. The van der Waals surface area contributed by atoms with Gasteiger partial charge in [-0.2, -0.15) is 0 Å². The van der Waals surface area contributed by atoms with Crippen molar-refractivity contribution in [2.75, 3.05) is 7.11 Å². The molecule has 0 aliphatic heterocycles. The molecule has 1 aromatic carbocycles. The van der Waals surface area contributed by atoms with Gasteiger partial charge in [0.1, 0.15) is 0 Å². The van der Waals surface area contributed by atoms with Crippen LogP contribution in [0, 0.1) is 12.7 Å². The molecule has 0 atom stereocenters. The van der Waals surface area contributed by atoms with Crippen LogP contribution in [0.1, 0.15) is 5.56 Å². The molecule has 0 fully saturated rings. The van der Waals surface area contributed by atoms with Crippen LogP contribution in [0.15, 0.2) is 10.5 Å². The zero-order valence-electron chi connectivity index (χ0n) is 6.62. The van der Waals surface area contributed by atoms with Gasteiger partial charge in [-0.05, 0) is 34.5 Å². The first kappa shape index (κ1) is 9.81. The molecule has 1 rings (SSSR count). The number of ether oxygens (including phenoxy) is 1. The van der Waals surface area contributed by atoms with Crippen molar-refractivity contribution in [1.82, 2.24) is 0 Å². The summed E-state index contributed by atoms with van der Waals surface area (Å²) in [6.45, 7) is 1.82. The third-order valence-electron chi connectivity index (χ3n) is 1.52. The quantitative estimate of drug-likeness (QED) is 0.695. The molecule has 0 aliphatic rings. The third kappa shape index (κ3) is 1.57. The smallest absolute Gasteiger partial charge is 0.184 e. The molecule has 0 unspecified atom stereocenters. The summed E-state index contributed by atoms with van der Waals surface area (Å²) in [6.07, 6.45) is 0. The first-order valence-electron chi connectivity index (χ1n) is 3.26. The SMILES string of the molecule is COc1cc(C)c(Br)c(Cl)c1F. The van der Waals surface area contributed by atoms with Gasteiger partial charge in [0.25, 0.3) is 0 Å². The van der Waals surface area contributed by atoms with Crippen LogP contribution in [0.2, 0.25) is 5.02 Å². The van der Waals surface area contributed by atoms with Gasteiger partial charge in [-0.1, -0.05) is 11.6 Å². The normalized spacial score (nSPS) is 10.1. The average Bonchev–Trinajstić information content (AvgIpc) is 2.08. The molecule has 0 aliphatic carbocycles. The number of rotatable bonds is 1. The first-order valence-corrected chi connectivity index (χ1v) is 4.43. The van der Waals surface area contributed by atoms with Crippen molar-refractivity contribution >= 4 is 27.5 Å². The van der Waals surface area contributed by atoms with Crippen molar-refractivity contribution in [3.63, 3.8) is 0 Å². The Morgan fingerprint density at radius 3 is 2.67 bits per heavy atom. The van der Waals surface area contributed by atoms with Crippen molar-refractivity contribution in [1.29, 1.82) is 0 Å². The van der Waals surface area contributed by atoms with Crippen molar-refractivity contribution < 1.29 is 9.13 Å². The third-order valence-corrected chi connectivity index (χ3v) is 3.12. The fourth-order valence-corrected chi connectivity index (χ4v) is 1.38. The van der Waals surface area contributed by atoms with E-state index in [9.17, 15) is 4.39 Å². The summed E-state index contributed by atoms with van der Waals surface area (Å²) in [7, 11) is 1.40. The fraction of sp³-hybridized carbons (Fsp3) is 0.250. The zero-order chi connectivity index (χ0) is 9.30. The van der Waals surface area contributed by atoms with Gasteiger partial charge in [0, 0.05) is 4.47 Å². The molecule has 1 aromatic rings. The molecule has 0 saturated carbocycles. The number of hydrogen-bond acceptors (Lipinski definition) is 1. The highest BCUT2D eigenvalue weighted by molar-refractivity contribution is 9.10. The van der Waals surface area contributed by atoms with E-state index in [1.807, 2.05) is 6.92 Å². The van der Waals surface area contributed by atoms with Crippen LogP contribution in [0.3, 0.4) is 0 Å². The highest BCUT2D eigenvalue weighted by Crippen LogP contribution is 2.34. The second-order valence-electron chi connectivity index (χ2n) is 2.34. The van der Waals surface area contributed by atoms with E-state index in [4.69, 9.17) is 16.3 Å². The number of benzene rings is 1. The lowest BCUT2D eigenvalue weighted by atomic mass is 10.2. The molecule has 0 aromatic heterocycles. The summed E-state index contributed by atoms with van der Waals surface area (Å²) in [6, 6.07) is 1.59. The molecular weight excluding hydrogens is 246 g/mol. The van der Waals surface area contributed by atoms with Gasteiger partial charge in [-0.25, -0.2) is 4.39 Å². The molecule has 0 bridgehead atoms. The Morgan fingerprint density at radius 1 is 1.58 bits per heavy atom. The van der Waals surface area contributed by atoms with E-state index >= 15 is 0 Å². The minimum atomic E-state index is -0.531. The Hall–Kier alpha value is -0.280. The highest BCUT2D eigenvalue weighted by atomic mass is 79.9. The van der Waals surface area contributed by atoms with Gasteiger partial charge >= 0.3 is 0 Å². The Bertz CT molecular complexity index is 314. The lowest BCUT2D eigenvalue weighted by Gasteiger charge is -2.07. The molecule has 0 amide bonds. The van der Waals surface area contributed by atoms with Crippen LogP contribution in [-0.4, -0.2) is 7.11 Å². The Balaban J connectivity index is 3.39. The number of aryl methyl sites for hydroxylation is 1. The minimum Gasteiger partial charge on any atom is -0.494 e. The molecule has 0 spiro atoms. The lowest BCUT2D eigenvalue weighted by Crippen LogP contribution is -1.91. The largest absolute Gasteiger partial charge is 0.494 e. The van der Waals surface area contributed by atoms with Crippen LogP contribution in [0.4, 0.5) is 4.39 Å². The van der Waals surface area contributed by atoms with Crippen molar-refractivity contribution in [3.05, 3.63) is 26.9 Å². The molecule has 0 radical (unpaired) electrons. The minimum absolute atomic E-state index is 0.0619. The molecule has 0 heterocycles. The summed E-state index contributed by atoms with van der Waals surface area (Å²) in [5.74, 6) is -0.364. The maximum atomic E-state index is 13.2. The number of hydrogen-bond donors (Lipinski definition) is 0. The zero-order valence-corrected chi connectivity index (χ0v) is 8.96. The van der Waals surface area contributed by atoms with Gasteiger partial charge in [0.05, 0.1) is 12.1 Å². The van der Waals surface area contributed by atoms with Crippen molar-refractivity contribution in [2.45, 2.75) is 6.92 Å². The molecule has 66 valence electrons. The molecular formula is C8H7BrClFO. The van der Waals surface area contributed by atoms with E-state index in [0.29, 0.717) is 4.47 Å². The second-order valence-corrected chi connectivity index (χ2v) is 3.51. The Morgan fingerprint density at radius 2 is 2.17 bits per heavy atom. The maximum Gasteiger partial charge on any atom is 0.184 e. The Kier molecular flexibility index (Phi) is 2.96. The van der Waals surface area contributed by atoms with Crippen LogP contribution < -0.4 is 4.74 Å². The predicted octanol–water partition coefficient (Wildman–Crippen LogP) is 3.56.